The van der Waals surface area contributed by atoms with Crippen molar-refractivity contribution in [1.29, 1.82) is 0 Å². The van der Waals surface area contributed by atoms with E-state index in [1.165, 1.54) is 16.2 Å². The Bertz CT molecular complexity index is 1200. The summed E-state index contributed by atoms with van der Waals surface area (Å²) in [7, 11) is 3.88. The van der Waals surface area contributed by atoms with Crippen molar-refractivity contribution in [2.75, 3.05) is 30.5 Å². The van der Waals surface area contributed by atoms with E-state index in [1.807, 2.05) is 60.8 Å². The summed E-state index contributed by atoms with van der Waals surface area (Å²) in [4.78, 5) is 30.7. The maximum Gasteiger partial charge on any atom is 0.300 e. The highest BCUT2D eigenvalue weighted by molar-refractivity contribution is 7.10. The molecular weight excluding hydrogens is 460 g/mol. The predicted octanol–water partition coefficient (Wildman–Crippen LogP) is 6.01. The number of ether oxygens (including phenoxy) is 1. The van der Waals surface area contributed by atoms with E-state index in [0.29, 0.717) is 23.6 Å². The molecule has 7 heteroatoms. The maximum atomic E-state index is 13.2. The number of hydrogen-bond donors (Lipinski definition) is 1. The number of nitrogens with zero attached hydrogens (tertiary/aromatic N) is 2. The van der Waals surface area contributed by atoms with Crippen LogP contribution in [-0.2, 0) is 9.59 Å². The molecule has 1 aliphatic rings. The quantitative estimate of drug-likeness (QED) is 0.172. The van der Waals surface area contributed by atoms with Gasteiger partial charge in [-0.2, -0.15) is 0 Å². The second-order valence-corrected chi connectivity index (χ2v) is 9.65. The first-order chi connectivity index (χ1) is 16.9. The van der Waals surface area contributed by atoms with Gasteiger partial charge in [0.05, 0.1) is 12.2 Å². The van der Waals surface area contributed by atoms with Crippen LogP contribution in [0, 0.1) is 0 Å². The van der Waals surface area contributed by atoms with Gasteiger partial charge >= 0.3 is 0 Å². The Balaban J connectivity index is 1.70. The van der Waals surface area contributed by atoms with Crippen LogP contribution >= 0.6 is 11.3 Å². The molecule has 2 aromatic carbocycles. The molecule has 1 fully saturated rings. The summed E-state index contributed by atoms with van der Waals surface area (Å²) >= 11 is 1.44. The van der Waals surface area contributed by atoms with Gasteiger partial charge in [-0.25, -0.2) is 0 Å². The summed E-state index contributed by atoms with van der Waals surface area (Å²) in [5.74, 6) is -0.837. The van der Waals surface area contributed by atoms with Gasteiger partial charge in [0.25, 0.3) is 11.7 Å². The molecule has 35 heavy (non-hydrogen) atoms. The van der Waals surface area contributed by atoms with Crippen molar-refractivity contribution in [3.8, 4) is 5.75 Å². The number of carbonyl (C=O) groups is 2. The number of amides is 1. The molecule has 2 heterocycles. The normalized spacial score (nSPS) is 17.1. The number of aliphatic hydroxyl groups excluding tert-OH is 1. The van der Waals surface area contributed by atoms with Crippen LogP contribution < -0.4 is 14.5 Å². The second-order valence-electron chi connectivity index (χ2n) is 8.68. The average Bonchev–Trinajstić information content (AvgIpc) is 3.49. The van der Waals surface area contributed by atoms with Gasteiger partial charge in [-0.1, -0.05) is 25.8 Å². The Labute approximate surface area is 210 Å². The fourth-order valence-electron chi connectivity index (χ4n) is 4.13. The third-order valence-corrected chi connectivity index (χ3v) is 6.97. The molecule has 1 unspecified atom stereocenters. The number of hydrogen-bond acceptors (Lipinski definition) is 6. The maximum absolute atomic E-state index is 13.2. The molecular formula is C28H30N2O4S. The van der Waals surface area contributed by atoms with E-state index in [4.69, 9.17) is 4.74 Å². The number of Topliss-reactive ketones (excluding diaryl/α,β-unsaturated/α-hetero) is 1. The zero-order chi connectivity index (χ0) is 24.9. The average molecular weight is 491 g/mol. The molecule has 0 aliphatic carbocycles. The molecule has 1 aliphatic heterocycles. The van der Waals surface area contributed by atoms with E-state index in [2.05, 4.69) is 6.92 Å². The molecule has 6 nitrogen and oxygen atoms in total. The highest BCUT2D eigenvalue weighted by Gasteiger charge is 2.47. The Morgan fingerprint density at radius 1 is 1.03 bits per heavy atom. The van der Waals surface area contributed by atoms with Crippen molar-refractivity contribution < 1.29 is 19.4 Å². The lowest BCUT2D eigenvalue weighted by Gasteiger charge is -2.25. The molecule has 1 atom stereocenters. The van der Waals surface area contributed by atoms with Gasteiger partial charge in [0.15, 0.2) is 0 Å². The monoisotopic (exact) mass is 490 g/mol. The van der Waals surface area contributed by atoms with Crippen molar-refractivity contribution >= 4 is 40.2 Å². The van der Waals surface area contributed by atoms with E-state index in [1.54, 1.807) is 24.3 Å². The van der Waals surface area contributed by atoms with Crippen molar-refractivity contribution in [3.05, 3.63) is 82.1 Å². The largest absolute Gasteiger partial charge is 0.507 e. The highest BCUT2D eigenvalue weighted by Crippen LogP contribution is 2.43. The lowest BCUT2D eigenvalue weighted by Crippen LogP contribution is -2.29. The number of rotatable bonds is 9. The van der Waals surface area contributed by atoms with Gasteiger partial charge in [0, 0.05) is 35.9 Å². The first-order valence-corrected chi connectivity index (χ1v) is 12.7. The van der Waals surface area contributed by atoms with Crippen LogP contribution in [-0.4, -0.2) is 37.5 Å². The van der Waals surface area contributed by atoms with E-state index < -0.39 is 17.7 Å². The molecule has 1 N–H and O–H groups in total. The van der Waals surface area contributed by atoms with Crippen LogP contribution in [0.2, 0.25) is 0 Å². The number of ketones is 1. The topological polar surface area (TPSA) is 70.1 Å². The van der Waals surface area contributed by atoms with Crippen LogP contribution in [0.25, 0.3) is 5.76 Å². The Morgan fingerprint density at radius 3 is 2.34 bits per heavy atom. The van der Waals surface area contributed by atoms with E-state index >= 15 is 0 Å². The van der Waals surface area contributed by atoms with Crippen molar-refractivity contribution in [3.63, 3.8) is 0 Å². The fraction of sp³-hybridized carbons (Fsp3) is 0.286. The van der Waals surface area contributed by atoms with Gasteiger partial charge in [0.1, 0.15) is 17.6 Å². The summed E-state index contributed by atoms with van der Waals surface area (Å²) in [5, 5.41) is 13.1. The second kappa shape index (κ2) is 10.8. The molecule has 1 aromatic heterocycles. The third-order valence-electron chi connectivity index (χ3n) is 6.05. The van der Waals surface area contributed by atoms with Crippen molar-refractivity contribution in [2.24, 2.45) is 0 Å². The summed E-state index contributed by atoms with van der Waals surface area (Å²) in [6.07, 6.45) is 3.22. The Morgan fingerprint density at radius 2 is 1.74 bits per heavy atom. The Hall–Kier alpha value is -3.58. The number of aliphatic hydroxyl groups is 1. The molecule has 1 saturated heterocycles. The number of anilines is 2. The number of thiophene rings is 1. The molecule has 0 saturated carbocycles. The van der Waals surface area contributed by atoms with Gasteiger partial charge in [-0.3, -0.25) is 14.5 Å². The van der Waals surface area contributed by atoms with Crippen LogP contribution in [0.5, 0.6) is 5.75 Å². The SMILES string of the molecule is CCCCCOc1ccc(/C(O)=C2/C(=O)C(=O)N(c3ccc(N(C)C)cc3)C2c2cccs2)cc1. The smallest absolute Gasteiger partial charge is 0.300 e. The van der Waals surface area contributed by atoms with Crippen LogP contribution in [0.3, 0.4) is 0 Å². The first-order valence-electron chi connectivity index (χ1n) is 11.8. The molecule has 0 bridgehead atoms. The summed E-state index contributed by atoms with van der Waals surface area (Å²) < 4.78 is 5.76. The molecule has 3 aromatic rings. The minimum absolute atomic E-state index is 0.0887. The summed E-state index contributed by atoms with van der Waals surface area (Å²) in [5.41, 5.74) is 2.14. The van der Waals surface area contributed by atoms with E-state index in [-0.39, 0.29) is 11.3 Å². The van der Waals surface area contributed by atoms with Gasteiger partial charge in [-0.15, -0.1) is 11.3 Å². The lowest BCUT2D eigenvalue weighted by molar-refractivity contribution is -0.132. The molecule has 0 radical (unpaired) electrons. The zero-order valence-electron chi connectivity index (χ0n) is 20.2. The van der Waals surface area contributed by atoms with E-state index in [9.17, 15) is 14.7 Å². The molecule has 182 valence electrons. The molecule has 4 rings (SSSR count). The summed E-state index contributed by atoms with van der Waals surface area (Å²) in [6, 6.07) is 17.5. The number of unbranched alkanes of at least 4 members (excludes halogenated alkanes) is 2. The van der Waals surface area contributed by atoms with Gasteiger partial charge in [0.2, 0.25) is 0 Å². The first kappa shape index (κ1) is 24.5. The van der Waals surface area contributed by atoms with Crippen LogP contribution in [0.4, 0.5) is 11.4 Å². The standard InChI is InChI=1S/C28H30N2O4S/c1-4-5-6-17-34-22-15-9-19(10-16-22)26(31)24-25(23-8-7-18-35-23)30(28(33)27(24)32)21-13-11-20(12-14-21)29(2)3/h7-16,18,25,31H,4-6,17H2,1-3H3/b26-24-. The lowest BCUT2D eigenvalue weighted by atomic mass is 9.99. The fourth-order valence-corrected chi connectivity index (χ4v) is 4.96. The van der Waals surface area contributed by atoms with Gasteiger partial charge < -0.3 is 14.7 Å². The zero-order valence-corrected chi connectivity index (χ0v) is 21.0. The van der Waals surface area contributed by atoms with Gasteiger partial charge in [-0.05, 0) is 66.4 Å². The van der Waals surface area contributed by atoms with Crippen molar-refractivity contribution in [2.45, 2.75) is 32.2 Å². The minimum atomic E-state index is -0.704. The predicted molar refractivity (Wildman–Crippen MR) is 141 cm³/mol. The van der Waals surface area contributed by atoms with Crippen LogP contribution in [0.1, 0.15) is 42.7 Å². The number of benzene rings is 2. The van der Waals surface area contributed by atoms with E-state index in [0.717, 1.165) is 29.8 Å². The van der Waals surface area contributed by atoms with Crippen LogP contribution in [0.15, 0.2) is 71.6 Å². The van der Waals surface area contributed by atoms with Crippen molar-refractivity contribution in [1.82, 2.24) is 0 Å². The molecule has 1 amide bonds. The molecule has 0 spiro atoms. The third kappa shape index (κ3) is 5.10. The minimum Gasteiger partial charge on any atom is -0.507 e. The highest BCUT2D eigenvalue weighted by atomic mass is 32.1. The number of carbonyl (C=O) groups excluding carboxylic acids is 2. The Kier molecular flexibility index (Phi) is 7.56. The summed E-state index contributed by atoms with van der Waals surface area (Å²) in [6.45, 7) is 2.78.